The van der Waals surface area contributed by atoms with Crippen molar-refractivity contribution in [2.75, 3.05) is 5.32 Å². The van der Waals surface area contributed by atoms with E-state index in [1.54, 1.807) is 6.07 Å². The zero-order valence-corrected chi connectivity index (χ0v) is 14.5. The van der Waals surface area contributed by atoms with Gasteiger partial charge in [0.05, 0.1) is 13.0 Å². The lowest BCUT2D eigenvalue weighted by Crippen LogP contribution is -2.15. The van der Waals surface area contributed by atoms with Crippen LogP contribution < -0.4 is 5.32 Å². The van der Waals surface area contributed by atoms with E-state index < -0.39 is 0 Å². The fourth-order valence-electron chi connectivity index (χ4n) is 3.19. The number of amides is 1. The molecular formula is C22H19NO3. The molecule has 0 atom stereocenters. The van der Waals surface area contributed by atoms with E-state index in [-0.39, 0.29) is 18.9 Å². The minimum atomic E-state index is -0.147. The number of carbonyl (C=O) groups excluding carboxylic acids is 1. The third kappa shape index (κ3) is 3.07. The molecule has 0 bridgehead atoms. The van der Waals surface area contributed by atoms with E-state index in [0.717, 1.165) is 32.9 Å². The highest BCUT2D eigenvalue weighted by atomic mass is 16.3. The SMILES string of the molecule is Cc1ccc(CO)cc1NC(=O)Cc1cc2c(ccc3ccccc32)o1. The van der Waals surface area contributed by atoms with E-state index in [0.29, 0.717) is 11.4 Å². The Labute approximate surface area is 151 Å². The van der Waals surface area contributed by atoms with Gasteiger partial charge in [0.1, 0.15) is 11.3 Å². The van der Waals surface area contributed by atoms with Gasteiger partial charge in [-0.1, -0.05) is 42.5 Å². The van der Waals surface area contributed by atoms with Crippen molar-refractivity contribution >= 4 is 33.3 Å². The molecule has 0 aliphatic carbocycles. The van der Waals surface area contributed by atoms with E-state index in [9.17, 15) is 9.90 Å². The molecule has 0 saturated carbocycles. The number of benzene rings is 3. The van der Waals surface area contributed by atoms with Crippen molar-refractivity contribution in [2.45, 2.75) is 20.0 Å². The molecule has 4 aromatic rings. The van der Waals surface area contributed by atoms with Gasteiger partial charge < -0.3 is 14.8 Å². The average molecular weight is 345 g/mol. The van der Waals surface area contributed by atoms with Crippen LogP contribution in [0.5, 0.6) is 0 Å². The molecule has 0 spiro atoms. The monoisotopic (exact) mass is 345 g/mol. The second-order valence-electron chi connectivity index (χ2n) is 6.44. The van der Waals surface area contributed by atoms with Crippen LogP contribution in [0.25, 0.3) is 21.7 Å². The maximum absolute atomic E-state index is 12.4. The van der Waals surface area contributed by atoms with Crippen LogP contribution in [0.2, 0.25) is 0 Å². The predicted molar refractivity (Wildman–Crippen MR) is 103 cm³/mol. The Morgan fingerprint density at radius 2 is 1.88 bits per heavy atom. The molecular weight excluding hydrogens is 326 g/mol. The van der Waals surface area contributed by atoms with Gasteiger partial charge in [-0.05, 0) is 47.0 Å². The van der Waals surface area contributed by atoms with Gasteiger partial charge in [-0.25, -0.2) is 0 Å². The molecule has 3 aromatic carbocycles. The summed E-state index contributed by atoms with van der Waals surface area (Å²) in [6.45, 7) is 1.86. The Morgan fingerprint density at radius 1 is 1.04 bits per heavy atom. The van der Waals surface area contributed by atoms with Crippen LogP contribution in [-0.4, -0.2) is 11.0 Å². The van der Waals surface area contributed by atoms with Gasteiger partial charge in [0.25, 0.3) is 0 Å². The Morgan fingerprint density at radius 3 is 2.73 bits per heavy atom. The van der Waals surface area contributed by atoms with Crippen LogP contribution in [0.1, 0.15) is 16.9 Å². The van der Waals surface area contributed by atoms with Crippen molar-refractivity contribution in [3.05, 3.63) is 77.6 Å². The van der Waals surface area contributed by atoms with Crippen LogP contribution >= 0.6 is 0 Å². The fraction of sp³-hybridized carbons (Fsp3) is 0.136. The lowest BCUT2D eigenvalue weighted by Gasteiger charge is -2.09. The molecule has 2 N–H and O–H groups in total. The number of hydrogen-bond acceptors (Lipinski definition) is 3. The number of aliphatic hydroxyl groups is 1. The summed E-state index contributed by atoms with van der Waals surface area (Å²) in [5.41, 5.74) is 3.21. The standard InChI is InChI=1S/C22H19NO3/c1-14-6-7-15(13-24)10-20(14)23-22(25)12-17-11-19-18-5-3-2-4-16(18)8-9-21(19)26-17/h2-11,24H,12-13H2,1H3,(H,23,25). The van der Waals surface area contributed by atoms with Crippen molar-refractivity contribution < 1.29 is 14.3 Å². The highest BCUT2D eigenvalue weighted by molar-refractivity contribution is 6.06. The third-order valence-corrected chi connectivity index (χ3v) is 4.57. The summed E-state index contributed by atoms with van der Waals surface area (Å²) in [4.78, 5) is 12.4. The first-order valence-corrected chi connectivity index (χ1v) is 8.54. The lowest BCUT2D eigenvalue weighted by atomic mass is 10.1. The Kier molecular flexibility index (Phi) is 4.19. The van der Waals surface area contributed by atoms with E-state index >= 15 is 0 Å². The number of anilines is 1. The number of carbonyl (C=O) groups is 1. The number of aryl methyl sites for hydroxylation is 1. The number of nitrogens with one attached hydrogen (secondary N) is 1. The predicted octanol–water partition coefficient (Wildman–Crippen LogP) is 4.57. The van der Waals surface area contributed by atoms with Gasteiger partial charge in [-0.2, -0.15) is 0 Å². The number of rotatable bonds is 4. The van der Waals surface area contributed by atoms with Crippen molar-refractivity contribution in [1.82, 2.24) is 0 Å². The largest absolute Gasteiger partial charge is 0.461 e. The topological polar surface area (TPSA) is 62.5 Å². The van der Waals surface area contributed by atoms with Crippen molar-refractivity contribution in [3.63, 3.8) is 0 Å². The number of fused-ring (bicyclic) bond motifs is 3. The second kappa shape index (κ2) is 6.65. The van der Waals surface area contributed by atoms with Crippen LogP contribution in [0.4, 0.5) is 5.69 Å². The molecule has 0 aliphatic rings. The smallest absolute Gasteiger partial charge is 0.232 e. The van der Waals surface area contributed by atoms with Crippen molar-refractivity contribution in [1.29, 1.82) is 0 Å². The van der Waals surface area contributed by atoms with E-state index in [4.69, 9.17) is 4.42 Å². The number of furan rings is 1. The maximum Gasteiger partial charge on any atom is 0.232 e. The summed E-state index contributed by atoms with van der Waals surface area (Å²) < 4.78 is 5.86. The van der Waals surface area contributed by atoms with Gasteiger partial charge in [0.2, 0.25) is 5.91 Å². The Hall–Kier alpha value is -3.11. The third-order valence-electron chi connectivity index (χ3n) is 4.57. The highest BCUT2D eigenvalue weighted by Gasteiger charge is 2.12. The zero-order valence-electron chi connectivity index (χ0n) is 14.5. The van der Waals surface area contributed by atoms with Crippen molar-refractivity contribution in [2.24, 2.45) is 0 Å². The molecule has 0 saturated heterocycles. The van der Waals surface area contributed by atoms with Gasteiger partial charge in [0, 0.05) is 11.1 Å². The molecule has 0 unspecified atom stereocenters. The van der Waals surface area contributed by atoms with Crippen molar-refractivity contribution in [3.8, 4) is 0 Å². The van der Waals surface area contributed by atoms with Crippen LogP contribution in [0.15, 0.2) is 65.1 Å². The summed E-state index contributed by atoms with van der Waals surface area (Å²) in [6, 6.07) is 19.5. The number of hydrogen-bond donors (Lipinski definition) is 2. The molecule has 1 amide bonds. The summed E-state index contributed by atoms with van der Waals surface area (Å²) >= 11 is 0. The zero-order chi connectivity index (χ0) is 18.1. The maximum atomic E-state index is 12.4. The first kappa shape index (κ1) is 16.4. The Balaban J connectivity index is 1.59. The minimum absolute atomic E-state index is 0.0558. The molecule has 0 radical (unpaired) electrons. The van der Waals surface area contributed by atoms with E-state index in [1.807, 2.05) is 49.4 Å². The molecule has 0 aliphatic heterocycles. The molecule has 1 aromatic heterocycles. The fourth-order valence-corrected chi connectivity index (χ4v) is 3.19. The minimum Gasteiger partial charge on any atom is -0.461 e. The second-order valence-corrected chi connectivity index (χ2v) is 6.44. The summed E-state index contributed by atoms with van der Waals surface area (Å²) in [6.07, 6.45) is 0.159. The summed E-state index contributed by atoms with van der Waals surface area (Å²) in [7, 11) is 0. The average Bonchev–Trinajstić information content (AvgIpc) is 3.06. The molecule has 4 heteroatoms. The van der Waals surface area contributed by atoms with Gasteiger partial charge in [0.15, 0.2) is 0 Å². The molecule has 4 rings (SSSR count). The van der Waals surface area contributed by atoms with Gasteiger partial charge in [-0.15, -0.1) is 0 Å². The normalized spacial score (nSPS) is 11.2. The molecule has 26 heavy (non-hydrogen) atoms. The first-order valence-electron chi connectivity index (χ1n) is 8.54. The van der Waals surface area contributed by atoms with Crippen LogP contribution in [-0.2, 0) is 17.8 Å². The molecule has 4 nitrogen and oxygen atoms in total. The quantitative estimate of drug-likeness (QED) is 0.569. The molecule has 1 heterocycles. The van der Waals surface area contributed by atoms with Gasteiger partial charge >= 0.3 is 0 Å². The molecule has 0 fully saturated rings. The Bertz CT molecular complexity index is 1110. The first-order chi connectivity index (χ1) is 12.6. The van der Waals surface area contributed by atoms with E-state index in [2.05, 4.69) is 17.4 Å². The van der Waals surface area contributed by atoms with Crippen LogP contribution in [0, 0.1) is 6.92 Å². The summed E-state index contributed by atoms with van der Waals surface area (Å²) in [5, 5.41) is 15.4. The molecule has 130 valence electrons. The highest BCUT2D eigenvalue weighted by Crippen LogP contribution is 2.28. The number of aliphatic hydroxyl groups excluding tert-OH is 1. The van der Waals surface area contributed by atoms with Crippen LogP contribution in [0.3, 0.4) is 0 Å². The van der Waals surface area contributed by atoms with Gasteiger partial charge in [-0.3, -0.25) is 4.79 Å². The summed E-state index contributed by atoms with van der Waals surface area (Å²) in [5.74, 6) is 0.483. The lowest BCUT2D eigenvalue weighted by molar-refractivity contribution is -0.115. The van der Waals surface area contributed by atoms with E-state index in [1.165, 1.54) is 0 Å².